The van der Waals surface area contributed by atoms with Crippen LogP contribution in [-0.4, -0.2) is 52.9 Å². The minimum atomic E-state index is -0.806. The monoisotopic (exact) mass is 383 g/mol. The molecule has 1 aliphatic heterocycles. The lowest BCUT2D eigenvalue weighted by Crippen LogP contribution is -2.44. The van der Waals surface area contributed by atoms with Crippen LogP contribution in [0.15, 0.2) is 22.7 Å². The van der Waals surface area contributed by atoms with E-state index in [1.54, 1.807) is 26.4 Å². The summed E-state index contributed by atoms with van der Waals surface area (Å²) in [5.74, 6) is 1.22. The van der Waals surface area contributed by atoms with Crippen LogP contribution in [0.5, 0.6) is 11.5 Å². The number of carbonyl (C=O) groups is 1. The highest BCUT2D eigenvalue weighted by molar-refractivity contribution is 5.85. The molecule has 2 aromatic rings. The number of rotatable bonds is 6. The molecule has 8 nitrogen and oxygen atoms in total. The van der Waals surface area contributed by atoms with Crippen molar-refractivity contribution in [1.82, 2.24) is 15.0 Å². The van der Waals surface area contributed by atoms with Gasteiger partial charge in [0.05, 0.1) is 20.8 Å². The van der Waals surface area contributed by atoms with Crippen LogP contribution < -0.4 is 9.47 Å². The molecule has 3 rings (SSSR count). The predicted molar refractivity (Wildman–Crippen MR) is 95.8 cm³/mol. The van der Waals surface area contributed by atoms with Gasteiger partial charge in [-0.1, -0.05) is 11.6 Å². The second-order valence-electron chi connectivity index (χ2n) is 5.90. The zero-order chi connectivity index (χ0) is 17.8. The molecule has 26 heavy (non-hydrogen) atoms. The minimum Gasteiger partial charge on any atom is -0.493 e. The highest BCUT2D eigenvalue weighted by Crippen LogP contribution is 2.31. The summed E-state index contributed by atoms with van der Waals surface area (Å²) < 4.78 is 15.8. The van der Waals surface area contributed by atoms with Crippen LogP contribution in [0.3, 0.4) is 0 Å². The molecule has 2 heterocycles. The first-order valence-corrected chi connectivity index (χ1v) is 8.14. The zero-order valence-corrected chi connectivity index (χ0v) is 15.5. The molecular weight excluding hydrogens is 362 g/mol. The summed E-state index contributed by atoms with van der Waals surface area (Å²) in [7, 11) is 3.13. The van der Waals surface area contributed by atoms with Gasteiger partial charge in [-0.15, -0.1) is 12.4 Å². The fourth-order valence-corrected chi connectivity index (χ4v) is 3.05. The average Bonchev–Trinajstić information content (AvgIpc) is 3.10. The van der Waals surface area contributed by atoms with Gasteiger partial charge in [0, 0.05) is 5.56 Å². The number of carboxylic acids is 1. The summed E-state index contributed by atoms with van der Waals surface area (Å²) in [4.78, 5) is 17.6. The van der Waals surface area contributed by atoms with E-state index < -0.39 is 12.0 Å². The van der Waals surface area contributed by atoms with Gasteiger partial charge in [-0.3, -0.25) is 9.69 Å². The number of halogens is 1. The van der Waals surface area contributed by atoms with Crippen LogP contribution in [0, 0.1) is 0 Å². The average molecular weight is 384 g/mol. The normalized spacial score (nSPS) is 17.4. The summed E-state index contributed by atoms with van der Waals surface area (Å²) in [5, 5.41) is 13.3. The van der Waals surface area contributed by atoms with E-state index in [-0.39, 0.29) is 12.4 Å². The number of methoxy groups -OCH3 is 2. The van der Waals surface area contributed by atoms with Crippen LogP contribution in [0.4, 0.5) is 0 Å². The van der Waals surface area contributed by atoms with E-state index in [4.69, 9.17) is 14.0 Å². The highest BCUT2D eigenvalue weighted by Gasteiger charge is 2.29. The molecule has 0 amide bonds. The summed E-state index contributed by atoms with van der Waals surface area (Å²) in [5.41, 5.74) is 0.737. The first-order valence-electron chi connectivity index (χ1n) is 8.14. The fraction of sp³-hybridized carbons (Fsp3) is 0.471. The Bertz CT molecular complexity index is 752. The number of nitrogens with zero attached hydrogens (tertiary/aromatic N) is 3. The molecule has 1 atom stereocenters. The lowest BCUT2D eigenvalue weighted by molar-refractivity contribution is -0.145. The van der Waals surface area contributed by atoms with Crippen LogP contribution in [0.25, 0.3) is 11.4 Å². The van der Waals surface area contributed by atoms with Crippen molar-refractivity contribution in [2.75, 3.05) is 20.8 Å². The van der Waals surface area contributed by atoms with Gasteiger partial charge in [0.1, 0.15) is 6.04 Å². The third-order valence-corrected chi connectivity index (χ3v) is 4.35. The molecule has 1 fully saturated rings. The lowest BCUT2D eigenvalue weighted by Gasteiger charge is -2.31. The van der Waals surface area contributed by atoms with Gasteiger partial charge >= 0.3 is 5.97 Å². The number of piperidine rings is 1. The lowest BCUT2D eigenvalue weighted by atomic mass is 10.0. The van der Waals surface area contributed by atoms with Crippen molar-refractivity contribution in [3.8, 4) is 22.9 Å². The quantitative estimate of drug-likeness (QED) is 0.812. The third kappa shape index (κ3) is 4.25. The van der Waals surface area contributed by atoms with Crippen LogP contribution in [-0.2, 0) is 11.3 Å². The molecule has 1 aromatic heterocycles. The Labute approximate surface area is 157 Å². The second-order valence-corrected chi connectivity index (χ2v) is 5.90. The van der Waals surface area contributed by atoms with E-state index in [1.807, 2.05) is 11.0 Å². The van der Waals surface area contributed by atoms with Crippen LogP contribution in [0.1, 0.15) is 25.2 Å². The Hall–Kier alpha value is -2.32. The summed E-state index contributed by atoms with van der Waals surface area (Å²) in [6.07, 6.45) is 2.54. The van der Waals surface area contributed by atoms with Crippen molar-refractivity contribution >= 4 is 18.4 Å². The van der Waals surface area contributed by atoms with Crippen molar-refractivity contribution in [2.45, 2.75) is 31.8 Å². The molecule has 1 aliphatic rings. The summed E-state index contributed by atoms with van der Waals surface area (Å²) in [6, 6.07) is 4.87. The molecule has 0 radical (unpaired) electrons. The number of aliphatic carboxylic acids is 1. The van der Waals surface area contributed by atoms with E-state index >= 15 is 0 Å². The summed E-state index contributed by atoms with van der Waals surface area (Å²) >= 11 is 0. The number of aromatic nitrogens is 2. The van der Waals surface area contributed by atoms with Crippen molar-refractivity contribution in [3.05, 3.63) is 24.1 Å². The molecule has 1 N–H and O–H groups in total. The van der Waals surface area contributed by atoms with E-state index in [1.165, 1.54) is 0 Å². The Morgan fingerprint density at radius 1 is 1.31 bits per heavy atom. The molecule has 0 aliphatic carbocycles. The molecule has 0 spiro atoms. The molecule has 1 aromatic carbocycles. The van der Waals surface area contributed by atoms with Gasteiger partial charge in [-0.2, -0.15) is 4.98 Å². The Balaban J connectivity index is 0.00000243. The Morgan fingerprint density at radius 2 is 2.08 bits per heavy atom. The topological polar surface area (TPSA) is 97.9 Å². The van der Waals surface area contributed by atoms with Crippen molar-refractivity contribution < 1.29 is 23.9 Å². The maximum Gasteiger partial charge on any atom is 0.320 e. The Kier molecular flexibility index (Phi) is 6.82. The third-order valence-electron chi connectivity index (χ3n) is 4.35. The number of hydrogen-bond donors (Lipinski definition) is 1. The number of carboxylic acid groups (broad SMARTS) is 1. The summed E-state index contributed by atoms with van der Waals surface area (Å²) in [6.45, 7) is 1.04. The van der Waals surface area contributed by atoms with E-state index in [9.17, 15) is 9.90 Å². The Morgan fingerprint density at radius 3 is 2.77 bits per heavy atom. The maximum atomic E-state index is 11.4. The van der Waals surface area contributed by atoms with Crippen molar-refractivity contribution in [1.29, 1.82) is 0 Å². The molecule has 0 bridgehead atoms. The van der Waals surface area contributed by atoms with Gasteiger partial charge in [0.25, 0.3) is 0 Å². The molecule has 142 valence electrons. The van der Waals surface area contributed by atoms with Gasteiger partial charge in [-0.05, 0) is 37.6 Å². The highest BCUT2D eigenvalue weighted by atomic mass is 35.5. The molecule has 1 unspecified atom stereocenters. The standard InChI is InChI=1S/C17H21N3O5.ClH/c1-23-13-7-6-11(9-14(13)24-2)16-18-15(25-19-16)10-20-8-4-3-5-12(20)17(21)22;/h6-7,9,12H,3-5,8,10H2,1-2H3,(H,21,22);1H. The van der Waals surface area contributed by atoms with Gasteiger partial charge in [0.15, 0.2) is 11.5 Å². The second kappa shape index (κ2) is 8.86. The molecule has 9 heteroatoms. The van der Waals surface area contributed by atoms with Crippen LogP contribution >= 0.6 is 12.4 Å². The minimum absolute atomic E-state index is 0. The van der Waals surface area contributed by atoms with Crippen LogP contribution in [0.2, 0.25) is 0 Å². The first-order chi connectivity index (χ1) is 12.1. The van der Waals surface area contributed by atoms with E-state index in [0.717, 1.165) is 18.4 Å². The van der Waals surface area contributed by atoms with E-state index in [2.05, 4.69) is 10.1 Å². The fourth-order valence-electron chi connectivity index (χ4n) is 3.05. The molecule has 0 saturated carbocycles. The SMILES string of the molecule is COc1ccc(-c2noc(CN3CCCCC3C(=O)O)n2)cc1OC.Cl. The molecule has 1 saturated heterocycles. The smallest absolute Gasteiger partial charge is 0.320 e. The largest absolute Gasteiger partial charge is 0.493 e. The zero-order valence-electron chi connectivity index (χ0n) is 14.7. The van der Waals surface area contributed by atoms with Crippen molar-refractivity contribution in [2.24, 2.45) is 0 Å². The van der Waals surface area contributed by atoms with Gasteiger partial charge in [0.2, 0.25) is 11.7 Å². The number of likely N-dealkylation sites (tertiary alicyclic amines) is 1. The molecular formula is C17H22ClN3O5. The first kappa shape index (κ1) is 20.0. The van der Waals surface area contributed by atoms with E-state index in [0.29, 0.717) is 42.7 Å². The number of benzene rings is 1. The number of ether oxygens (including phenoxy) is 2. The predicted octanol–water partition coefficient (Wildman–Crippen LogP) is 2.61. The maximum absolute atomic E-state index is 11.4. The van der Waals surface area contributed by atoms with Crippen molar-refractivity contribution in [3.63, 3.8) is 0 Å². The van der Waals surface area contributed by atoms with Gasteiger partial charge < -0.3 is 19.1 Å². The number of hydrogen-bond acceptors (Lipinski definition) is 7. The van der Waals surface area contributed by atoms with Gasteiger partial charge in [-0.25, -0.2) is 0 Å².